The Morgan fingerprint density at radius 2 is 1.83 bits per heavy atom. The lowest BCUT2D eigenvalue weighted by Gasteiger charge is -2.21. The Labute approximate surface area is 137 Å². The number of aromatic nitrogens is 2. The van der Waals surface area contributed by atoms with Gasteiger partial charge in [0.25, 0.3) is 5.91 Å². The lowest BCUT2D eigenvalue weighted by molar-refractivity contribution is 0.0948. The quantitative estimate of drug-likeness (QED) is 0.891. The summed E-state index contributed by atoms with van der Waals surface area (Å²) in [6.45, 7) is 8.50. The zero-order chi connectivity index (χ0) is 16.9. The molecule has 23 heavy (non-hydrogen) atoms. The molecule has 0 aliphatic carbocycles. The van der Waals surface area contributed by atoms with Gasteiger partial charge in [0, 0.05) is 18.2 Å². The number of hydrogen-bond acceptors (Lipinski definition) is 4. The minimum Gasteiger partial charge on any atom is -0.365 e. The first-order chi connectivity index (χ1) is 10.8. The molecule has 0 bridgehead atoms. The van der Waals surface area contributed by atoms with Crippen LogP contribution in [0.4, 0.5) is 5.82 Å². The maximum Gasteiger partial charge on any atom is 0.270 e. The van der Waals surface area contributed by atoms with Gasteiger partial charge in [0.15, 0.2) is 0 Å². The van der Waals surface area contributed by atoms with E-state index in [1.54, 1.807) is 13.0 Å². The molecule has 0 unspecified atom stereocenters. The van der Waals surface area contributed by atoms with Crippen molar-refractivity contribution in [2.45, 2.75) is 39.7 Å². The van der Waals surface area contributed by atoms with Crippen molar-refractivity contribution in [1.29, 1.82) is 0 Å². The van der Waals surface area contributed by atoms with Crippen LogP contribution in [0.15, 0.2) is 36.4 Å². The summed E-state index contributed by atoms with van der Waals surface area (Å²) in [4.78, 5) is 20.8. The molecule has 1 aromatic carbocycles. The average Bonchev–Trinajstić information content (AvgIpc) is 2.45. The average molecular weight is 312 g/mol. The van der Waals surface area contributed by atoms with E-state index in [4.69, 9.17) is 0 Å². The maximum atomic E-state index is 12.3. The van der Waals surface area contributed by atoms with E-state index in [2.05, 4.69) is 20.6 Å². The molecule has 2 aromatic rings. The van der Waals surface area contributed by atoms with Crippen LogP contribution < -0.4 is 10.6 Å². The summed E-state index contributed by atoms with van der Waals surface area (Å²) in [6.07, 6.45) is 0.795. The van der Waals surface area contributed by atoms with Crippen LogP contribution in [0.25, 0.3) is 0 Å². The number of hydrogen-bond donors (Lipinski definition) is 2. The number of benzene rings is 1. The minimum atomic E-state index is -0.177. The first-order valence-corrected chi connectivity index (χ1v) is 7.79. The maximum absolute atomic E-state index is 12.3. The van der Waals surface area contributed by atoms with E-state index in [-0.39, 0.29) is 11.4 Å². The van der Waals surface area contributed by atoms with Crippen LogP contribution in [0.5, 0.6) is 0 Å². The summed E-state index contributed by atoms with van der Waals surface area (Å²) >= 11 is 0. The van der Waals surface area contributed by atoms with Gasteiger partial charge >= 0.3 is 0 Å². The summed E-state index contributed by atoms with van der Waals surface area (Å²) in [5, 5.41) is 6.18. The molecule has 0 radical (unpaired) electrons. The summed E-state index contributed by atoms with van der Waals surface area (Å²) < 4.78 is 0. The molecule has 2 N–H and O–H groups in total. The van der Waals surface area contributed by atoms with Crippen LogP contribution in [0, 0.1) is 6.92 Å². The van der Waals surface area contributed by atoms with E-state index in [9.17, 15) is 4.79 Å². The van der Waals surface area contributed by atoms with Gasteiger partial charge in [-0.2, -0.15) is 0 Å². The van der Waals surface area contributed by atoms with Crippen LogP contribution in [0.2, 0.25) is 0 Å². The SMILES string of the molecule is Cc1nc(NC(C)(C)C)cc(C(=O)NCCc2ccccc2)n1. The fraction of sp³-hybridized carbons (Fsp3) is 0.389. The Morgan fingerprint density at radius 1 is 1.13 bits per heavy atom. The highest BCUT2D eigenvalue weighted by Gasteiger charge is 2.14. The third-order valence-electron chi connectivity index (χ3n) is 3.12. The fourth-order valence-electron chi connectivity index (χ4n) is 2.19. The van der Waals surface area contributed by atoms with E-state index in [0.717, 1.165) is 6.42 Å². The molecule has 0 fully saturated rings. The number of nitrogens with one attached hydrogen (secondary N) is 2. The molecule has 5 nitrogen and oxygen atoms in total. The van der Waals surface area contributed by atoms with Gasteiger partial charge in [-0.1, -0.05) is 30.3 Å². The second-order valence-corrected chi connectivity index (χ2v) is 6.55. The van der Waals surface area contributed by atoms with E-state index in [0.29, 0.717) is 23.9 Å². The lowest BCUT2D eigenvalue weighted by atomic mass is 10.1. The van der Waals surface area contributed by atoms with Crippen molar-refractivity contribution in [2.24, 2.45) is 0 Å². The van der Waals surface area contributed by atoms with E-state index in [1.165, 1.54) is 5.56 Å². The summed E-state index contributed by atoms with van der Waals surface area (Å²) in [5.74, 6) is 1.06. The number of amides is 1. The van der Waals surface area contributed by atoms with Crippen LogP contribution in [-0.4, -0.2) is 28.0 Å². The Bertz CT molecular complexity index is 662. The Morgan fingerprint density at radius 3 is 2.48 bits per heavy atom. The van der Waals surface area contributed by atoms with Crippen molar-refractivity contribution >= 4 is 11.7 Å². The minimum absolute atomic E-state index is 0.123. The predicted molar refractivity (Wildman–Crippen MR) is 92.6 cm³/mol. The number of carbonyl (C=O) groups excluding carboxylic acids is 1. The van der Waals surface area contributed by atoms with Crippen molar-refractivity contribution in [2.75, 3.05) is 11.9 Å². The highest BCUT2D eigenvalue weighted by Crippen LogP contribution is 2.13. The smallest absolute Gasteiger partial charge is 0.270 e. The molecule has 0 saturated carbocycles. The Kier molecular flexibility index (Phi) is 5.32. The van der Waals surface area contributed by atoms with Gasteiger partial charge in [0.1, 0.15) is 17.3 Å². The number of carbonyl (C=O) groups is 1. The highest BCUT2D eigenvalue weighted by molar-refractivity contribution is 5.92. The number of nitrogens with zero attached hydrogens (tertiary/aromatic N) is 2. The second kappa shape index (κ2) is 7.22. The largest absolute Gasteiger partial charge is 0.365 e. The summed E-state index contributed by atoms with van der Waals surface area (Å²) in [5.41, 5.74) is 1.46. The zero-order valence-electron chi connectivity index (χ0n) is 14.2. The van der Waals surface area contributed by atoms with Crippen LogP contribution in [0.3, 0.4) is 0 Å². The van der Waals surface area contributed by atoms with Crippen molar-refractivity contribution in [3.05, 3.63) is 53.5 Å². The van der Waals surface area contributed by atoms with Crippen LogP contribution in [0.1, 0.15) is 42.6 Å². The molecule has 0 spiro atoms. The number of rotatable bonds is 5. The molecule has 1 aromatic heterocycles. The number of aryl methyl sites for hydroxylation is 1. The van der Waals surface area contributed by atoms with Crippen molar-refractivity contribution in [1.82, 2.24) is 15.3 Å². The first kappa shape index (κ1) is 16.9. The molecule has 0 saturated heterocycles. The van der Waals surface area contributed by atoms with Gasteiger partial charge in [0.2, 0.25) is 0 Å². The molecule has 5 heteroatoms. The Balaban J connectivity index is 1.98. The van der Waals surface area contributed by atoms with Gasteiger partial charge in [-0.15, -0.1) is 0 Å². The predicted octanol–water partition coefficient (Wildman–Crippen LogP) is 2.97. The molecular weight excluding hydrogens is 288 g/mol. The van der Waals surface area contributed by atoms with Crippen molar-refractivity contribution in [3.8, 4) is 0 Å². The molecule has 0 atom stereocenters. The lowest BCUT2D eigenvalue weighted by Crippen LogP contribution is -2.29. The van der Waals surface area contributed by atoms with E-state index >= 15 is 0 Å². The standard InChI is InChI=1S/C18H24N4O/c1-13-20-15(12-16(21-13)22-18(2,3)4)17(23)19-11-10-14-8-6-5-7-9-14/h5-9,12H,10-11H2,1-4H3,(H,19,23)(H,20,21,22). The molecule has 1 amide bonds. The second-order valence-electron chi connectivity index (χ2n) is 6.55. The Hall–Kier alpha value is -2.43. The van der Waals surface area contributed by atoms with Gasteiger partial charge in [-0.25, -0.2) is 9.97 Å². The van der Waals surface area contributed by atoms with Gasteiger partial charge in [-0.05, 0) is 39.7 Å². The van der Waals surface area contributed by atoms with Crippen LogP contribution >= 0.6 is 0 Å². The molecule has 0 aliphatic rings. The first-order valence-electron chi connectivity index (χ1n) is 7.79. The molecule has 0 aliphatic heterocycles. The number of anilines is 1. The fourth-order valence-corrected chi connectivity index (χ4v) is 2.19. The van der Waals surface area contributed by atoms with E-state index in [1.807, 2.05) is 51.1 Å². The normalized spacial score (nSPS) is 11.1. The van der Waals surface area contributed by atoms with Crippen LogP contribution in [-0.2, 0) is 6.42 Å². The summed E-state index contributed by atoms with van der Waals surface area (Å²) in [7, 11) is 0. The molecule has 2 rings (SSSR count). The van der Waals surface area contributed by atoms with Gasteiger partial charge in [-0.3, -0.25) is 4.79 Å². The zero-order valence-corrected chi connectivity index (χ0v) is 14.2. The third kappa shape index (κ3) is 5.70. The van der Waals surface area contributed by atoms with Gasteiger partial charge in [0.05, 0.1) is 0 Å². The van der Waals surface area contributed by atoms with E-state index < -0.39 is 0 Å². The van der Waals surface area contributed by atoms with Gasteiger partial charge < -0.3 is 10.6 Å². The topological polar surface area (TPSA) is 66.9 Å². The highest BCUT2D eigenvalue weighted by atomic mass is 16.1. The molecular formula is C18H24N4O. The van der Waals surface area contributed by atoms with Crippen molar-refractivity contribution < 1.29 is 4.79 Å². The van der Waals surface area contributed by atoms with Crippen molar-refractivity contribution in [3.63, 3.8) is 0 Å². The summed E-state index contributed by atoms with van der Waals surface area (Å²) in [6, 6.07) is 11.8. The molecule has 1 heterocycles. The monoisotopic (exact) mass is 312 g/mol. The molecule has 122 valence electrons. The third-order valence-corrected chi connectivity index (χ3v) is 3.12.